The molecule has 5 N–H and O–H groups in total. The van der Waals surface area contributed by atoms with Crippen LogP contribution < -0.4 is 34.5 Å². The number of amides is 1. The van der Waals surface area contributed by atoms with Gasteiger partial charge in [-0.05, 0) is 156 Å². The predicted octanol–water partition coefficient (Wildman–Crippen LogP) is 9.34. The first-order valence-corrected chi connectivity index (χ1v) is 27.9. The number of nitro benzene ring substituents is 1. The Morgan fingerprint density at radius 3 is 2.48 bits per heavy atom. The summed E-state index contributed by atoms with van der Waals surface area (Å²) in [5.41, 5.74) is 3.41. The van der Waals surface area contributed by atoms with Gasteiger partial charge < -0.3 is 39.8 Å². The van der Waals surface area contributed by atoms with Crippen LogP contribution in [0.15, 0.2) is 77.8 Å². The highest BCUT2D eigenvalue weighted by Gasteiger charge is 2.50. The van der Waals surface area contributed by atoms with E-state index in [4.69, 9.17) is 19.2 Å². The van der Waals surface area contributed by atoms with Gasteiger partial charge in [0.2, 0.25) is 0 Å². The van der Waals surface area contributed by atoms with Crippen LogP contribution in [-0.2, 0) is 10.0 Å². The number of nitrogens with one attached hydrogen (secondary N) is 4. The van der Waals surface area contributed by atoms with E-state index in [2.05, 4.69) is 68.3 Å². The lowest BCUT2D eigenvalue weighted by molar-refractivity contribution is -0.384. The standard InChI is InChI=1S/C55H68N8O9S/c1-34(2)41-7-4-5-8-42(41)45-9-6-24-62(45)38-31-55(32-38)19-25-61(26-20-55)37-10-11-43(47(28-37)72-49-27-36-14-23-57-51(36)59-53(49)71-39-15-21-56-22-16-39)52(64)60-73(68,69)40-29-46(63(66)67)50-48(30-40)70-33-44(58-50)35-12-17-54(3,65)18-13-35/h4-5,7-8,10-11,14,23,27-30,34-35,38-39,44-45,56,58,65H,6,9,12-13,15-22,24-26,31-33H2,1-3H3,(H,57,59)(H,60,64)/t35?,44-,45+,54?/m1/s1. The molecule has 0 radical (unpaired) electrons. The molecule has 6 heterocycles. The molecule has 2 saturated carbocycles. The summed E-state index contributed by atoms with van der Waals surface area (Å²) in [4.78, 5) is 38.9. The Kier molecular flexibility index (Phi) is 13.3. The molecule has 0 unspecified atom stereocenters. The molecule has 0 bridgehead atoms. The Labute approximate surface area is 427 Å². The van der Waals surface area contributed by atoms with Crippen molar-refractivity contribution in [2.75, 3.05) is 49.5 Å². The molecule has 11 rings (SSSR count). The van der Waals surface area contributed by atoms with E-state index in [1.807, 2.05) is 19.1 Å². The van der Waals surface area contributed by atoms with Gasteiger partial charge in [0, 0.05) is 60.6 Å². The number of carbonyl (C=O) groups is 1. The topological polar surface area (TPSA) is 214 Å². The van der Waals surface area contributed by atoms with Crippen LogP contribution in [0.5, 0.6) is 23.1 Å². The van der Waals surface area contributed by atoms with Crippen molar-refractivity contribution in [3.8, 4) is 23.1 Å². The highest BCUT2D eigenvalue weighted by molar-refractivity contribution is 7.90. The molecule has 18 heteroatoms. The van der Waals surface area contributed by atoms with Gasteiger partial charge in [0.25, 0.3) is 27.5 Å². The molecular formula is C55H68N8O9S. The number of piperidine rings is 2. The summed E-state index contributed by atoms with van der Waals surface area (Å²) in [6.07, 6.45) is 12.6. The second-order valence-electron chi connectivity index (χ2n) is 22.2. The lowest BCUT2D eigenvalue weighted by Crippen LogP contribution is -2.54. The van der Waals surface area contributed by atoms with Gasteiger partial charge in [-0.15, -0.1) is 0 Å². The van der Waals surface area contributed by atoms with E-state index in [9.17, 15) is 28.4 Å². The van der Waals surface area contributed by atoms with E-state index in [-0.39, 0.29) is 64.5 Å². The van der Waals surface area contributed by atoms with Gasteiger partial charge in [-0.3, -0.25) is 19.8 Å². The van der Waals surface area contributed by atoms with E-state index < -0.39 is 37.0 Å². The van der Waals surface area contributed by atoms with Crippen LogP contribution in [0.3, 0.4) is 0 Å². The number of aromatic amines is 1. The molecule has 3 saturated heterocycles. The molecule has 73 heavy (non-hydrogen) atoms. The number of rotatable bonds is 13. The van der Waals surface area contributed by atoms with Crippen LogP contribution in [0.25, 0.3) is 11.0 Å². The SMILES string of the molecule is CC(C)c1ccccc1[C@@H]1CCCN1C1CC2(CCN(c3ccc(C(=O)NS(=O)(=O)c4cc5c(c([N+](=O)[O-])c4)N[C@@H](C4CCC(C)(O)CC4)CO5)c(Oc4cc5cc[nH]c5nc4OC4CCNCC4)c3)CC2)C1. The maximum absolute atomic E-state index is 14.5. The highest BCUT2D eigenvalue weighted by atomic mass is 32.2. The molecule has 388 valence electrons. The summed E-state index contributed by atoms with van der Waals surface area (Å²) in [6.45, 7) is 10.9. The minimum absolute atomic E-state index is 0.00299. The number of benzene rings is 3. The zero-order valence-corrected chi connectivity index (χ0v) is 42.8. The van der Waals surface area contributed by atoms with Crippen molar-refractivity contribution in [1.82, 2.24) is 24.9 Å². The lowest BCUT2D eigenvalue weighted by atomic mass is 9.59. The summed E-state index contributed by atoms with van der Waals surface area (Å²) in [5, 5.41) is 30.4. The molecule has 4 aliphatic heterocycles. The largest absolute Gasteiger partial charge is 0.489 e. The van der Waals surface area contributed by atoms with E-state index in [1.165, 1.54) is 42.9 Å². The molecular weight excluding hydrogens is 949 g/mol. The Bertz CT molecular complexity index is 2980. The Hall–Kier alpha value is -5.95. The Morgan fingerprint density at radius 2 is 1.73 bits per heavy atom. The van der Waals surface area contributed by atoms with E-state index in [0.717, 1.165) is 75.5 Å². The summed E-state index contributed by atoms with van der Waals surface area (Å²) >= 11 is 0. The number of H-pyrrole nitrogens is 1. The van der Waals surface area contributed by atoms with Crippen molar-refractivity contribution in [2.45, 2.75) is 138 Å². The summed E-state index contributed by atoms with van der Waals surface area (Å²) in [7, 11) is -4.71. The molecule has 1 spiro atoms. The molecule has 5 fully saturated rings. The average Bonchev–Trinajstić information content (AvgIpc) is 4.05. The monoisotopic (exact) mass is 1020 g/mol. The molecule has 6 aliphatic rings. The molecule has 3 aromatic carbocycles. The van der Waals surface area contributed by atoms with Gasteiger partial charge in [0.15, 0.2) is 17.2 Å². The van der Waals surface area contributed by atoms with Crippen LogP contribution in [0.4, 0.5) is 17.1 Å². The van der Waals surface area contributed by atoms with Crippen molar-refractivity contribution < 1.29 is 37.5 Å². The average molecular weight is 1020 g/mol. The van der Waals surface area contributed by atoms with Gasteiger partial charge >= 0.3 is 0 Å². The fourth-order valence-corrected chi connectivity index (χ4v) is 13.7. The molecule has 1 amide bonds. The van der Waals surface area contributed by atoms with Crippen molar-refractivity contribution >= 4 is 44.0 Å². The third kappa shape index (κ3) is 10.1. The van der Waals surface area contributed by atoms with Crippen LogP contribution in [-0.4, -0.2) is 102 Å². The number of anilines is 2. The number of pyridine rings is 1. The van der Waals surface area contributed by atoms with Gasteiger partial charge in [0.1, 0.15) is 24.1 Å². The molecule has 2 aromatic heterocycles. The number of hydrogen-bond acceptors (Lipinski definition) is 14. The number of nitro groups is 1. The lowest BCUT2D eigenvalue weighted by Gasteiger charge is -2.56. The summed E-state index contributed by atoms with van der Waals surface area (Å²) in [5.74, 6) is 0.195. The number of carbonyl (C=O) groups excluding carboxylic acids is 1. The van der Waals surface area contributed by atoms with Gasteiger partial charge in [0.05, 0.1) is 27.0 Å². The van der Waals surface area contributed by atoms with Crippen LogP contribution in [0.2, 0.25) is 0 Å². The minimum Gasteiger partial charge on any atom is -0.489 e. The number of ether oxygens (including phenoxy) is 3. The third-order valence-corrected chi connectivity index (χ3v) is 18.3. The first-order valence-electron chi connectivity index (χ1n) is 26.4. The summed E-state index contributed by atoms with van der Waals surface area (Å²) in [6, 6.07) is 20.7. The number of hydrogen-bond donors (Lipinski definition) is 5. The number of sulfonamides is 1. The second-order valence-corrected chi connectivity index (χ2v) is 23.9. The van der Waals surface area contributed by atoms with Crippen molar-refractivity contribution in [3.63, 3.8) is 0 Å². The smallest absolute Gasteiger partial charge is 0.297 e. The van der Waals surface area contributed by atoms with Crippen LogP contribution in [0.1, 0.15) is 131 Å². The number of fused-ring (bicyclic) bond motifs is 2. The van der Waals surface area contributed by atoms with Gasteiger partial charge in [-0.2, -0.15) is 4.98 Å². The zero-order valence-electron chi connectivity index (χ0n) is 42.0. The zero-order chi connectivity index (χ0) is 50.6. The Balaban J connectivity index is 0.845. The highest BCUT2D eigenvalue weighted by Crippen LogP contribution is 2.55. The Morgan fingerprint density at radius 1 is 0.959 bits per heavy atom. The second kappa shape index (κ2) is 19.7. The van der Waals surface area contributed by atoms with E-state index >= 15 is 0 Å². The van der Waals surface area contributed by atoms with Crippen LogP contribution >= 0.6 is 0 Å². The first-order chi connectivity index (χ1) is 35.1. The van der Waals surface area contributed by atoms with E-state index in [0.29, 0.717) is 49.3 Å². The molecule has 17 nitrogen and oxygen atoms in total. The van der Waals surface area contributed by atoms with Crippen molar-refractivity contribution in [3.05, 3.63) is 99.7 Å². The predicted molar refractivity (Wildman–Crippen MR) is 278 cm³/mol. The maximum Gasteiger partial charge on any atom is 0.297 e. The summed E-state index contributed by atoms with van der Waals surface area (Å²) < 4.78 is 49.9. The quantitative estimate of drug-likeness (QED) is 0.0549. The van der Waals surface area contributed by atoms with Crippen molar-refractivity contribution in [1.29, 1.82) is 0 Å². The maximum atomic E-state index is 14.5. The van der Waals surface area contributed by atoms with Crippen molar-refractivity contribution in [2.24, 2.45) is 11.3 Å². The van der Waals surface area contributed by atoms with Gasteiger partial charge in [-0.1, -0.05) is 38.1 Å². The third-order valence-electron chi connectivity index (χ3n) is 16.9. The minimum atomic E-state index is -4.71. The fraction of sp³-hybridized carbons (Fsp3) is 0.527. The molecule has 5 aromatic rings. The first kappa shape index (κ1) is 49.3. The van der Waals surface area contributed by atoms with Crippen LogP contribution in [0, 0.1) is 21.4 Å². The molecule has 2 atom stereocenters. The molecule has 2 aliphatic carbocycles. The number of likely N-dealkylation sites (tertiary alicyclic amines) is 1. The number of aliphatic hydroxyl groups is 1. The van der Waals surface area contributed by atoms with E-state index in [1.54, 1.807) is 24.4 Å². The number of nitrogens with zero attached hydrogens (tertiary/aromatic N) is 4. The fourth-order valence-electron chi connectivity index (χ4n) is 12.7. The van der Waals surface area contributed by atoms with Gasteiger partial charge in [-0.25, -0.2) is 13.1 Å². The number of aromatic nitrogens is 2. The normalized spacial score (nSPS) is 24.7.